The quantitative estimate of drug-likeness (QED) is 0.853. The largest absolute Gasteiger partial charge is 0.340 e. The molecule has 0 aliphatic carbocycles. The van der Waals surface area contributed by atoms with Crippen molar-refractivity contribution in [1.82, 2.24) is 15.1 Å². The molecule has 7 heteroatoms. The summed E-state index contributed by atoms with van der Waals surface area (Å²) in [7, 11) is 3.80. The van der Waals surface area contributed by atoms with Crippen molar-refractivity contribution in [3.63, 3.8) is 0 Å². The first kappa shape index (κ1) is 20.5. The predicted octanol–water partition coefficient (Wildman–Crippen LogP) is 3.06. The highest BCUT2D eigenvalue weighted by atomic mass is 35.5. The zero-order valence-electron chi connectivity index (χ0n) is 13.5. The molecule has 1 fully saturated rings. The van der Waals surface area contributed by atoms with E-state index in [4.69, 9.17) is 23.2 Å². The van der Waals surface area contributed by atoms with Crippen molar-refractivity contribution in [2.45, 2.75) is 25.4 Å². The predicted molar refractivity (Wildman–Crippen MR) is 98.7 cm³/mol. The molecule has 1 aliphatic heterocycles. The number of likely N-dealkylation sites (tertiary alicyclic amines) is 1. The first-order valence-corrected chi connectivity index (χ1v) is 8.32. The summed E-state index contributed by atoms with van der Waals surface area (Å²) in [6.45, 7) is 2.93. The molecule has 0 spiro atoms. The van der Waals surface area contributed by atoms with Crippen LogP contribution in [0.25, 0.3) is 0 Å². The molecule has 1 N–H and O–H groups in total. The molecular formula is C16H24Cl3N3O. The zero-order valence-corrected chi connectivity index (χ0v) is 15.8. The van der Waals surface area contributed by atoms with Gasteiger partial charge in [0.1, 0.15) is 0 Å². The van der Waals surface area contributed by atoms with Gasteiger partial charge in [-0.25, -0.2) is 0 Å². The lowest BCUT2D eigenvalue weighted by molar-refractivity contribution is -0.132. The standard InChI is InChI=1S/C16H23Cl2N3O.ClH/c1-19-13-4-3-7-21(10-13)11-16(22)20(2)9-12-5-6-14(17)15(18)8-12;/h5-6,8,13,19H,3-4,7,9-11H2,1-2H3;1H. The first-order valence-electron chi connectivity index (χ1n) is 7.57. The van der Waals surface area contributed by atoms with Crippen molar-refractivity contribution in [1.29, 1.82) is 0 Å². The lowest BCUT2D eigenvalue weighted by Gasteiger charge is -2.33. The van der Waals surface area contributed by atoms with Crippen molar-refractivity contribution in [3.8, 4) is 0 Å². The van der Waals surface area contributed by atoms with Crippen LogP contribution in [0.3, 0.4) is 0 Å². The number of hydrogen-bond acceptors (Lipinski definition) is 3. The maximum atomic E-state index is 12.4. The number of carbonyl (C=O) groups excluding carboxylic acids is 1. The van der Waals surface area contributed by atoms with Crippen LogP contribution in [0.2, 0.25) is 10.0 Å². The van der Waals surface area contributed by atoms with Gasteiger partial charge in [0, 0.05) is 26.2 Å². The van der Waals surface area contributed by atoms with E-state index in [0.29, 0.717) is 29.2 Å². The lowest BCUT2D eigenvalue weighted by atomic mass is 10.1. The molecule has 1 unspecified atom stereocenters. The van der Waals surface area contributed by atoms with Gasteiger partial charge in [0.05, 0.1) is 16.6 Å². The number of piperidine rings is 1. The van der Waals surface area contributed by atoms with E-state index in [0.717, 1.165) is 25.1 Å². The van der Waals surface area contributed by atoms with E-state index in [9.17, 15) is 4.79 Å². The van der Waals surface area contributed by atoms with Crippen LogP contribution in [0.5, 0.6) is 0 Å². The van der Waals surface area contributed by atoms with Gasteiger partial charge in [-0.1, -0.05) is 29.3 Å². The summed E-state index contributed by atoms with van der Waals surface area (Å²) < 4.78 is 0. The molecule has 130 valence electrons. The van der Waals surface area contributed by atoms with E-state index in [1.54, 1.807) is 11.0 Å². The van der Waals surface area contributed by atoms with Crippen LogP contribution in [-0.4, -0.2) is 55.5 Å². The van der Waals surface area contributed by atoms with Gasteiger partial charge >= 0.3 is 0 Å². The second kappa shape index (κ2) is 9.70. The molecule has 2 rings (SSSR count). The van der Waals surface area contributed by atoms with Crippen LogP contribution < -0.4 is 5.32 Å². The van der Waals surface area contributed by atoms with Crippen molar-refractivity contribution in [3.05, 3.63) is 33.8 Å². The highest BCUT2D eigenvalue weighted by Crippen LogP contribution is 2.23. The minimum absolute atomic E-state index is 0. The molecule has 0 saturated carbocycles. The van der Waals surface area contributed by atoms with Gasteiger partial charge in [-0.15, -0.1) is 12.4 Å². The Morgan fingerprint density at radius 1 is 1.39 bits per heavy atom. The van der Waals surface area contributed by atoms with Crippen molar-refractivity contribution in [2.24, 2.45) is 0 Å². The minimum atomic E-state index is 0. The fraction of sp³-hybridized carbons (Fsp3) is 0.562. The third-order valence-electron chi connectivity index (χ3n) is 4.10. The average Bonchev–Trinajstić information content (AvgIpc) is 2.51. The Morgan fingerprint density at radius 3 is 2.78 bits per heavy atom. The fourth-order valence-electron chi connectivity index (χ4n) is 2.75. The van der Waals surface area contributed by atoms with E-state index in [1.807, 2.05) is 26.2 Å². The number of benzene rings is 1. The summed E-state index contributed by atoms with van der Waals surface area (Å²) in [5.41, 5.74) is 0.983. The third kappa shape index (κ3) is 6.12. The third-order valence-corrected chi connectivity index (χ3v) is 4.84. The zero-order chi connectivity index (χ0) is 16.1. The van der Waals surface area contributed by atoms with Gasteiger partial charge < -0.3 is 10.2 Å². The molecule has 23 heavy (non-hydrogen) atoms. The number of hydrogen-bond donors (Lipinski definition) is 1. The molecule has 0 radical (unpaired) electrons. The topological polar surface area (TPSA) is 35.6 Å². The maximum Gasteiger partial charge on any atom is 0.236 e. The van der Waals surface area contributed by atoms with E-state index in [1.165, 1.54) is 6.42 Å². The first-order chi connectivity index (χ1) is 10.5. The van der Waals surface area contributed by atoms with Crippen LogP contribution >= 0.6 is 35.6 Å². The Bertz CT molecular complexity index is 527. The van der Waals surface area contributed by atoms with E-state index in [2.05, 4.69) is 10.2 Å². The fourth-order valence-corrected chi connectivity index (χ4v) is 3.07. The number of likely N-dealkylation sites (N-methyl/N-ethyl adjacent to an activating group) is 2. The molecular weight excluding hydrogens is 357 g/mol. The number of nitrogens with zero attached hydrogens (tertiary/aromatic N) is 2. The Morgan fingerprint density at radius 2 is 2.13 bits per heavy atom. The second-order valence-electron chi connectivity index (χ2n) is 5.86. The lowest BCUT2D eigenvalue weighted by Crippen LogP contribution is -2.48. The second-order valence-corrected chi connectivity index (χ2v) is 6.68. The molecule has 0 bridgehead atoms. The van der Waals surface area contributed by atoms with Gasteiger partial charge in [-0.3, -0.25) is 9.69 Å². The molecule has 1 aromatic carbocycles. The normalized spacial score (nSPS) is 18.3. The van der Waals surface area contributed by atoms with Gasteiger partial charge in [0.2, 0.25) is 5.91 Å². The Labute approximate surface area is 154 Å². The van der Waals surface area contributed by atoms with Gasteiger partial charge in [0.25, 0.3) is 0 Å². The van der Waals surface area contributed by atoms with Gasteiger partial charge in [0.15, 0.2) is 0 Å². The molecule has 1 aromatic rings. The smallest absolute Gasteiger partial charge is 0.236 e. The monoisotopic (exact) mass is 379 g/mol. The summed E-state index contributed by atoms with van der Waals surface area (Å²) in [4.78, 5) is 16.3. The Hall–Kier alpha value is -0.520. The summed E-state index contributed by atoms with van der Waals surface area (Å²) in [6.07, 6.45) is 2.32. The van der Waals surface area contributed by atoms with Crippen molar-refractivity contribution in [2.75, 3.05) is 33.7 Å². The summed E-state index contributed by atoms with van der Waals surface area (Å²) in [5.74, 6) is 0.128. The van der Waals surface area contributed by atoms with Crippen molar-refractivity contribution < 1.29 is 4.79 Å². The highest BCUT2D eigenvalue weighted by molar-refractivity contribution is 6.42. The van der Waals surface area contributed by atoms with Crippen LogP contribution in [-0.2, 0) is 11.3 Å². The molecule has 1 atom stereocenters. The molecule has 1 amide bonds. The van der Waals surface area contributed by atoms with Gasteiger partial charge in [-0.05, 0) is 44.1 Å². The van der Waals surface area contributed by atoms with Gasteiger partial charge in [-0.2, -0.15) is 0 Å². The van der Waals surface area contributed by atoms with Crippen LogP contribution in [0.15, 0.2) is 18.2 Å². The summed E-state index contributed by atoms with van der Waals surface area (Å²) >= 11 is 11.9. The number of halogens is 3. The Kier molecular flexibility index (Phi) is 8.65. The minimum Gasteiger partial charge on any atom is -0.340 e. The summed E-state index contributed by atoms with van der Waals surface area (Å²) in [6, 6.07) is 5.96. The number of amides is 1. The summed E-state index contributed by atoms with van der Waals surface area (Å²) in [5, 5.41) is 4.35. The maximum absolute atomic E-state index is 12.4. The molecule has 1 saturated heterocycles. The van der Waals surface area contributed by atoms with Crippen LogP contribution in [0.4, 0.5) is 0 Å². The number of carbonyl (C=O) groups is 1. The SMILES string of the molecule is CNC1CCCN(CC(=O)N(C)Cc2ccc(Cl)c(Cl)c2)C1.Cl. The Balaban J connectivity index is 0.00000264. The van der Waals surface area contributed by atoms with Crippen molar-refractivity contribution >= 4 is 41.5 Å². The molecule has 1 heterocycles. The van der Waals surface area contributed by atoms with E-state index in [-0.39, 0.29) is 18.3 Å². The van der Waals surface area contributed by atoms with Crippen LogP contribution in [0.1, 0.15) is 18.4 Å². The number of nitrogens with one attached hydrogen (secondary N) is 1. The number of rotatable bonds is 5. The average molecular weight is 381 g/mol. The van der Waals surface area contributed by atoms with Crippen LogP contribution in [0, 0.1) is 0 Å². The van der Waals surface area contributed by atoms with E-state index < -0.39 is 0 Å². The molecule has 1 aliphatic rings. The molecule has 0 aromatic heterocycles. The highest BCUT2D eigenvalue weighted by Gasteiger charge is 2.21. The van der Waals surface area contributed by atoms with E-state index >= 15 is 0 Å². The molecule has 4 nitrogen and oxygen atoms in total.